The van der Waals surface area contributed by atoms with Crippen molar-refractivity contribution in [2.45, 2.75) is 25.0 Å². The van der Waals surface area contributed by atoms with Crippen LogP contribution in [0.15, 0.2) is 24.5 Å². The lowest BCUT2D eigenvalue weighted by Crippen LogP contribution is -2.42. The lowest BCUT2D eigenvalue weighted by atomic mass is 10.1. The second-order valence-corrected chi connectivity index (χ2v) is 9.13. The molecule has 6 nitrogen and oxygen atoms in total. The summed E-state index contributed by atoms with van der Waals surface area (Å²) in [5, 5.41) is 0.436. The molecule has 0 atom stereocenters. The molecule has 1 aliphatic rings. The van der Waals surface area contributed by atoms with E-state index in [1.807, 2.05) is 36.0 Å². The molecule has 0 bridgehead atoms. The predicted molar refractivity (Wildman–Crippen MR) is 89.9 cm³/mol. The average molecular weight is 353 g/mol. The zero-order valence-electron chi connectivity index (χ0n) is 13.1. The van der Waals surface area contributed by atoms with Gasteiger partial charge in [-0.25, -0.2) is 13.4 Å². The molecule has 124 valence electrons. The maximum absolute atomic E-state index is 12.7. The van der Waals surface area contributed by atoms with Crippen molar-refractivity contribution in [1.82, 2.24) is 14.5 Å². The second-order valence-electron chi connectivity index (χ2n) is 5.82. The highest BCUT2D eigenvalue weighted by atomic mass is 32.2. The van der Waals surface area contributed by atoms with Gasteiger partial charge in [0.05, 0.1) is 10.9 Å². The van der Waals surface area contributed by atoms with Crippen LogP contribution in [0.25, 0.3) is 5.13 Å². The number of rotatable bonds is 3. The van der Waals surface area contributed by atoms with Crippen molar-refractivity contribution < 1.29 is 13.2 Å². The topological polar surface area (TPSA) is 72.3 Å². The number of thiazole rings is 1. The van der Waals surface area contributed by atoms with Crippen LogP contribution in [0.4, 0.5) is 0 Å². The highest BCUT2D eigenvalue weighted by Crippen LogP contribution is 2.25. The standard InChI is InChI=1S/C15H19N3O3S2/c1-11-13(22-15(16-11)18-7-3-4-8-18)14(19)17-9-5-12(6-10-17)23(2,20)21/h3-4,7-8,12H,5-6,9-10H2,1-2H3. The number of carbonyl (C=O) groups excluding carboxylic acids is 1. The Labute approximate surface area is 139 Å². The Kier molecular flexibility index (Phi) is 4.29. The zero-order valence-corrected chi connectivity index (χ0v) is 14.7. The van der Waals surface area contributed by atoms with E-state index in [0.717, 1.165) is 5.13 Å². The number of nitrogens with zero attached hydrogens (tertiary/aromatic N) is 3. The Morgan fingerprint density at radius 2 is 1.87 bits per heavy atom. The number of likely N-dealkylation sites (tertiary alicyclic amines) is 1. The lowest BCUT2D eigenvalue weighted by molar-refractivity contribution is 0.0729. The number of hydrogen-bond acceptors (Lipinski definition) is 5. The number of sulfone groups is 1. The lowest BCUT2D eigenvalue weighted by Gasteiger charge is -2.30. The van der Waals surface area contributed by atoms with Crippen LogP contribution in [-0.4, -0.2) is 53.4 Å². The van der Waals surface area contributed by atoms with Crippen LogP contribution in [-0.2, 0) is 9.84 Å². The number of piperidine rings is 1. The molecule has 1 aliphatic heterocycles. The Morgan fingerprint density at radius 3 is 2.43 bits per heavy atom. The minimum absolute atomic E-state index is 0.0506. The van der Waals surface area contributed by atoms with Crippen molar-refractivity contribution in [3.05, 3.63) is 35.1 Å². The van der Waals surface area contributed by atoms with Crippen molar-refractivity contribution in [3.8, 4) is 5.13 Å². The van der Waals surface area contributed by atoms with Gasteiger partial charge in [-0.2, -0.15) is 0 Å². The van der Waals surface area contributed by atoms with Crippen molar-refractivity contribution in [2.24, 2.45) is 0 Å². The van der Waals surface area contributed by atoms with Crippen molar-refractivity contribution in [1.29, 1.82) is 0 Å². The van der Waals surface area contributed by atoms with E-state index in [2.05, 4.69) is 4.98 Å². The number of carbonyl (C=O) groups is 1. The van der Waals surface area contributed by atoms with Crippen molar-refractivity contribution >= 4 is 27.1 Å². The molecule has 1 amide bonds. The molecule has 0 saturated carbocycles. The largest absolute Gasteiger partial charge is 0.338 e. The van der Waals surface area contributed by atoms with Crippen LogP contribution in [0.2, 0.25) is 0 Å². The van der Waals surface area contributed by atoms with Gasteiger partial charge >= 0.3 is 0 Å². The monoisotopic (exact) mass is 353 g/mol. The number of aryl methyl sites for hydroxylation is 1. The quantitative estimate of drug-likeness (QED) is 0.845. The van der Waals surface area contributed by atoms with E-state index in [1.54, 1.807) is 4.90 Å². The summed E-state index contributed by atoms with van der Waals surface area (Å²) in [6.45, 7) is 2.79. The molecule has 0 spiro atoms. The molecular weight excluding hydrogens is 334 g/mol. The molecule has 1 saturated heterocycles. The van der Waals surface area contributed by atoms with E-state index >= 15 is 0 Å². The van der Waals surface area contributed by atoms with Gasteiger partial charge in [-0.05, 0) is 31.9 Å². The van der Waals surface area contributed by atoms with E-state index in [1.165, 1.54) is 17.6 Å². The third-order valence-electron chi connectivity index (χ3n) is 4.14. The van der Waals surface area contributed by atoms with E-state index < -0.39 is 9.84 Å². The Hall–Kier alpha value is -1.67. The highest BCUT2D eigenvalue weighted by Gasteiger charge is 2.30. The van der Waals surface area contributed by atoms with Gasteiger partial charge in [-0.15, -0.1) is 0 Å². The summed E-state index contributed by atoms with van der Waals surface area (Å²) in [5.74, 6) is -0.0506. The Balaban J connectivity index is 1.75. The first kappa shape index (κ1) is 16.2. The maximum Gasteiger partial charge on any atom is 0.265 e. The first-order valence-corrected chi connectivity index (χ1v) is 10.2. The summed E-state index contributed by atoms with van der Waals surface area (Å²) in [7, 11) is -3.02. The molecule has 2 aromatic heterocycles. The molecule has 2 aromatic rings. The van der Waals surface area contributed by atoms with E-state index in [4.69, 9.17) is 0 Å². The maximum atomic E-state index is 12.7. The molecule has 0 unspecified atom stereocenters. The molecule has 3 heterocycles. The number of amides is 1. The van der Waals surface area contributed by atoms with Gasteiger partial charge in [-0.1, -0.05) is 11.3 Å². The molecule has 0 radical (unpaired) electrons. The fourth-order valence-electron chi connectivity index (χ4n) is 2.78. The molecular formula is C15H19N3O3S2. The first-order valence-electron chi connectivity index (χ1n) is 7.45. The summed E-state index contributed by atoms with van der Waals surface area (Å²) in [4.78, 5) is 19.5. The zero-order chi connectivity index (χ0) is 16.6. The smallest absolute Gasteiger partial charge is 0.265 e. The molecule has 8 heteroatoms. The summed E-state index contributed by atoms with van der Waals surface area (Å²) in [5.41, 5.74) is 0.717. The van der Waals surface area contributed by atoms with Crippen LogP contribution >= 0.6 is 11.3 Å². The van der Waals surface area contributed by atoms with Gasteiger partial charge in [-0.3, -0.25) is 4.79 Å². The third-order valence-corrected chi connectivity index (χ3v) is 6.98. The normalized spacial score (nSPS) is 16.7. The number of hydrogen-bond donors (Lipinski definition) is 0. The fourth-order valence-corrected chi connectivity index (χ4v) is 4.85. The summed E-state index contributed by atoms with van der Waals surface area (Å²) < 4.78 is 25.1. The predicted octanol–water partition coefficient (Wildman–Crippen LogP) is 1.89. The Bertz CT molecular complexity index is 801. The number of aromatic nitrogens is 2. The summed E-state index contributed by atoms with van der Waals surface area (Å²) in [6, 6.07) is 3.82. The first-order chi connectivity index (χ1) is 10.9. The summed E-state index contributed by atoms with van der Waals surface area (Å²) >= 11 is 1.37. The molecule has 0 aromatic carbocycles. The van der Waals surface area contributed by atoms with Gasteiger partial charge < -0.3 is 9.47 Å². The Morgan fingerprint density at radius 1 is 1.26 bits per heavy atom. The molecule has 3 rings (SSSR count). The van der Waals surface area contributed by atoms with Crippen LogP contribution < -0.4 is 0 Å². The molecule has 0 aliphatic carbocycles. The minimum atomic E-state index is -3.02. The van der Waals surface area contributed by atoms with E-state index in [0.29, 0.717) is 36.5 Å². The van der Waals surface area contributed by atoms with Gasteiger partial charge in [0.2, 0.25) is 0 Å². The van der Waals surface area contributed by atoms with Crippen LogP contribution in [0, 0.1) is 6.92 Å². The summed E-state index contributed by atoms with van der Waals surface area (Å²) in [6.07, 6.45) is 6.07. The average Bonchev–Trinajstić information content (AvgIpc) is 3.15. The van der Waals surface area contributed by atoms with Crippen LogP contribution in [0.1, 0.15) is 28.2 Å². The van der Waals surface area contributed by atoms with Crippen LogP contribution in [0.3, 0.4) is 0 Å². The van der Waals surface area contributed by atoms with Gasteiger partial charge in [0.25, 0.3) is 5.91 Å². The van der Waals surface area contributed by atoms with E-state index in [-0.39, 0.29) is 11.2 Å². The molecule has 1 fully saturated rings. The highest BCUT2D eigenvalue weighted by molar-refractivity contribution is 7.91. The second kappa shape index (κ2) is 6.09. The van der Waals surface area contributed by atoms with Gasteiger partial charge in [0.1, 0.15) is 14.7 Å². The SMILES string of the molecule is Cc1nc(-n2cccc2)sc1C(=O)N1CCC(S(C)(=O)=O)CC1. The van der Waals surface area contributed by atoms with Crippen molar-refractivity contribution in [2.75, 3.05) is 19.3 Å². The fraction of sp³-hybridized carbons (Fsp3) is 0.467. The third kappa shape index (κ3) is 3.32. The molecule has 23 heavy (non-hydrogen) atoms. The molecule has 0 N–H and O–H groups in total. The van der Waals surface area contributed by atoms with E-state index in [9.17, 15) is 13.2 Å². The van der Waals surface area contributed by atoms with Gasteiger partial charge in [0, 0.05) is 31.7 Å². The van der Waals surface area contributed by atoms with Crippen molar-refractivity contribution in [3.63, 3.8) is 0 Å². The minimum Gasteiger partial charge on any atom is -0.338 e. The van der Waals surface area contributed by atoms with Gasteiger partial charge in [0.15, 0.2) is 5.13 Å². The van der Waals surface area contributed by atoms with Crippen LogP contribution in [0.5, 0.6) is 0 Å².